The molecule has 0 atom stereocenters. The third-order valence-corrected chi connectivity index (χ3v) is 2.97. The summed E-state index contributed by atoms with van der Waals surface area (Å²) >= 11 is 6.00. The Kier molecular flexibility index (Phi) is 2.45. The molecule has 0 bridgehead atoms. The zero-order chi connectivity index (χ0) is 12.7. The van der Waals surface area contributed by atoms with Crippen molar-refractivity contribution in [1.29, 1.82) is 0 Å². The van der Waals surface area contributed by atoms with Gasteiger partial charge in [-0.1, -0.05) is 11.6 Å². The van der Waals surface area contributed by atoms with Crippen LogP contribution in [0.4, 0.5) is 4.39 Å². The van der Waals surface area contributed by atoms with Gasteiger partial charge in [-0.25, -0.2) is 9.37 Å². The molecule has 3 aromatic rings. The maximum Gasteiger partial charge on any atom is 0.159 e. The van der Waals surface area contributed by atoms with Gasteiger partial charge in [0.15, 0.2) is 5.15 Å². The highest BCUT2D eigenvalue weighted by atomic mass is 35.5. The topological polar surface area (TPSA) is 37.5 Å². The van der Waals surface area contributed by atoms with E-state index in [4.69, 9.17) is 11.6 Å². The molecular weight excluding hydrogens is 255 g/mol. The molecule has 2 aromatic heterocycles. The van der Waals surface area contributed by atoms with E-state index in [1.807, 2.05) is 0 Å². The van der Waals surface area contributed by atoms with E-state index in [0.29, 0.717) is 11.3 Å². The molecule has 1 aromatic carbocycles. The van der Waals surface area contributed by atoms with Crippen LogP contribution < -0.4 is 0 Å². The van der Waals surface area contributed by atoms with Crippen LogP contribution >= 0.6 is 11.6 Å². The first-order valence-corrected chi connectivity index (χ1v) is 5.66. The Morgan fingerprint density at radius 2 is 1.89 bits per heavy atom. The van der Waals surface area contributed by atoms with E-state index in [1.165, 1.54) is 18.2 Å². The van der Waals surface area contributed by atoms with Crippen molar-refractivity contribution >= 4 is 17.1 Å². The van der Waals surface area contributed by atoms with E-state index in [0.717, 1.165) is 5.56 Å². The summed E-state index contributed by atoms with van der Waals surface area (Å²) in [5.41, 5.74) is 1.17. The highest BCUT2D eigenvalue weighted by Crippen LogP contribution is 2.30. The second-order valence-electron chi connectivity index (χ2n) is 3.85. The molecule has 3 rings (SSSR count). The molecule has 90 valence electrons. The number of nitrogens with zero attached hydrogens (tertiary/aromatic N) is 2. The first-order chi connectivity index (χ1) is 8.66. The van der Waals surface area contributed by atoms with Gasteiger partial charge in [-0.2, -0.15) is 0 Å². The van der Waals surface area contributed by atoms with Gasteiger partial charge in [0.25, 0.3) is 0 Å². The van der Waals surface area contributed by atoms with Crippen molar-refractivity contribution in [2.75, 3.05) is 0 Å². The predicted molar refractivity (Wildman–Crippen MR) is 67.3 cm³/mol. The minimum Gasteiger partial charge on any atom is -0.506 e. The Morgan fingerprint density at radius 1 is 1.17 bits per heavy atom. The number of aromatic nitrogens is 2. The van der Waals surface area contributed by atoms with Crippen molar-refractivity contribution < 1.29 is 9.50 Å². The van der Waals surface area contributed by atoms with Crippen molar-refractivity contribution in [3.05, 3.63) is 53.6 Å². The molecule has 1 N–H and O–H groups in total. The second-order valence-corrected chi connectivity index (χ2v) is 4.20. The number of aromatic hydroxyl groups is 1. The van der Waals surface area contributed by atoms with E-state index >= 15 is 0 Å². The molecule has 0 amide bonds. The van der Waals surface area contributed by atoms with Gasteiger partial charge in [-0.15, -0.1) is 0 Å². The highest BCUT2D eigenvalue weighted by molar-refractivity contribution is 6.33. The van der Waals surface area contributed by atoms with Crippen molar-refractivity contribution in [3.8, 4) is 17.1 Å². The zero-order valence-electron chi connectivity index (χ0n) is 9.14. The lowest BCUT2D eigenvalue weighted by molar-refractivity contribution is 0.479. The quantitative estimate of drug-likeness (QED) is 0.729. The van der Waals surface area contributed by atoms with Crippen molar-refractivity contribution in [1.82, 2.24) is 9.38 Å². The van der Waals surface area contributed by atoms with Gasteiger partial charge >= 0.3 is 0 Å². The van der Waals surface area contributed by atoms with E-state index in [9.17, 15) is 9.50 Å². The summed E-state index contributed by atoms with van der Waals surface area (Å²) in [6.45, 7) is 0. The minimum absolute atomic E-state index is 0.0587. The second kappa shape index (κ2) is 3.99. The van der Waals surface area contributed by atoms with Gasteiger partial charge in [0.2, 0.25) is 0 Å². The van der Waals surface area contributed by atoms with Crippen LogP contribution in [-0.2, 0) is 0 Å². The number of hydrogen-bond acceptors (Lipinski definition) is 2. The van der Waals surface area contributed by atoms with E-state index in [1.54, 1.807) is 28.8 Å². The molecule has 3 nitrogen and oxygen atoms in total. The predicted octanol–water partition coefficient (Wildman–Crippen LogP) is 3.50. The van der Waals surface area contributed by atoms with Crippen LogP contribution in [0.25, 0.3) is 16.9 Å². The standard InChI is InChI=1S/C13H8ClFN2O/c14-12-11-10(18)2-1-7-17(11)13(16-12)8-3-5-9(15)6-4-8/h1-7,18H. The van der Waals surface area contributed by atoms with Crippen LogP contribution in [-0.4, -0.2) is 14.5 Å². The van der Waals surface area contributed by atoms with Crippen LogP contribution in [0.2, 0.25) is 5.15 Å². The number of fused-ring (bicyclic) bond motifs is 1. The Balaban J connectivity index is 2.30. The fraction of sp³-hybridized carbons (Fsp3) is 0. The summed E-state index contributed by atoms with van der Waals surface area (Å²) in [6.07, 6.45) is 1.74. The third kappa shape index (κ3) is 1.62. The molecule has 18 heavy (non-hydrogen) atoms. The molecule has 0 unspecified atom stereocenters. The van der Waals surface area contributed by atoms with E-state index < -0.39 is 0 Å². The molecule has 5 heteroatoms. The van der Waals surface area contributed by atoms with Gasteiger partial charge in [0, 0.05) is 11.8 Å². The number of halogens is 2. The monoisotopic (exact) mass is 262 g/mol. The summed E-state index contributed by atoms with van der Waals surface area (Å²) in [5.74, 6) is 0.308. The minimum atomic E-state index is -0.312. The zero-order valence-corrected chi connectivity index (χ0v) is 9.89. The largest absolute Gasteiger partial charge is 0.506 e. The van der Waals surface area contributed by atoms with Gasteiger partial charge in [0.1, 0.15) is 22.9 Å². The Labute approximate surface area is 107 Å². The lowest BCUT2D eigenvalue weighted by atomic mass is 10.2. The first-order valence-electron chi connectivity index (χ1n) is 5.28. The smallest absolute Gasteiger partial charge is 0.159 e. The fourth-order valence-corrected chi connectivity index (χ4v) is 2.15. The summed E-state index contributed by atoms with van der Waals surface area (Å²) in [5, 5.41) is 9.97. The molecule has 0 aliphatic carbocycles. The number of rotatable bonds is 1. The van der Waals surface area contributed by atoms with Crippen LogP contribution in [0.1, 0.15) is 0 Å². The molecule has 0 fully saturated rings. The summed E-state index contributed by atoms with van der Waals surface area (Å²) < 4.78 is 14.6. The van der Waals surface area contributed by atoms with Gasteiger partial charge in [-0.3, -0.25) is 4.40 Å². The molecule has 0 radical (unpaired) electrons. The lowest BCUT2D eigenvalue weighted by Crippen LogP contribution is -1.89. The molecule has 0 spiro atoms. The normalized spacial score (nSPS) is 11.0. The van der Waals surface area contributed by atoms with E-state index in [-0.39, 0.29) is 16.7 Å². The molecule has 0 aliphatic rings. The SMILES string of the molecule is Oc1cccn2c(-c3ccc(F)cc3)nc(Cl)c12. The maximum absolute atomic E-state index is 12.9. The summed E-state index contributed by atoms with van der Waals surface area (Å²) in [6, 6.07) is 9.17. The molecule has 2 heterocycles. The first kappa shape index (κ1) is 11.0. The van der Waals surface area contributed by atoms with Crippen molar-refractivity contribution in [3.63, 3.8) is 0 Å². The van der Waals surface area contributed by atoms with Gasteiger partial charge in [0.05, 0.1) is 0 Å². The van der Waals surface area contributed by atoms with Crippen LogP contribution in [0, 0.1) is 5.82 Å². The average molecular weight is 263 g/mol. The van der Waals surface area contributed by atoms with Gasteiger partial charge < -0.3 is 5.11 Å². The fourth-order valence-electron chi connectivity index (χ4n) is 1.88. The molecule has 0 saturated heterocycles. The Hall–Kier alpha value is -2.07. The van der Waals surface area contributed by atoms with E-state index in [2.05, 4.69) is 4.98 Å². The number of imidazole rings is 1. The molecule has 0 saturated carbocycles. The van der Waals surface area contributed by atoms with Crippen molar-refractivity contribution in [2.45, 2.75) is 0 Å². The van der Waals surface area contributed by atoms with Gasteiger partial charge in [-0.05, 0) is 36.4 Å². The summed E-state index contributed by atoms with van der Waals surface area (Å²) in [7, 11) is 0. The molecular formula is C13H8ClFN2O. The van der Waals surface area contributed by atoms with Crippen molar-refractivity contribution in [2.24, 2.45) is 0 Å². The Bertz CT molecular complexity index is 722. The van der Waals surface area contributed by atoms with Crippen LogP contribution in [0.3, 0.4) is 0 Å². The number of benzene rings is 1. The number of hydrogen-bond donors (Lipinski definition) is 1. The molecule has 0 aliphatic heterocycles. The van der Waals surface area contributed by atoms with Crippen LogP contribution in [0.15, 0.2) is 42.6 Å². The summed E-state index contributed by atoms with van der Waals surface area (Å²) in [4.78, 5) is 4.20. The maximum atomic E-state index is 12.9. The Morgan fingerprint density at radius 3 is 2.61 bits per heavy atom. The lowest BCUT2D eigenvalue weighted by Gasteiger charge is -2.01. The number of pyridine rings is 1. The highest BCUT2D eigenvalue weighted by Gasteiger charge is 2.13. The third-order valence-electron chi connectivity index (χ3n) is 2.70. The van der Waals surface area contributed by atoms with Crippen LogP contribution in [0.5, 0.6) is 5.75 Å². The average Bonchev–Trinajstić information content (AvgIpc) is 2.69.